The van der Waals surface area contributed by atoms with Gasteiger partial charge in [0.2, 0.25) is 0 Å². The second-order valence-electron chi connectivity index (χ2n) is 8.81. The quantitative estimate of drug-likeness (QED) is 0.597. The van der Waals surface area contributed by atoms with Gasteiger partial charge in [-0.15, -0.1) is 0 Å². The Bertz CT molecular complexity index is 778. The molecule has 1 unspecified atom stereocenters. The Morgan fingerprint density at radius 3 is 2.62 bits per heavy atom. The molecule has 158 valence electrons. The topological polar surface area (TPSA) is 51.1 Å². The van der Waals surface area contributed by atoms with Gasteiger partial charge in [0.1, 0.15) is 13.1 Å². The monoisotopic (exact) mass is 399 g/mol. The molecule has 3 N–H and O–H groups in total. The van der Waals surface area contributed by atoms with Gasteiger partial charge in [0, 0.05) is 5.56 Å². The highest BCUT2D eigenvalue weighted by atomic mass is 16.4. The lowest BCUT2D eigenvalue weighted by Crippen LogP contribution is -3.13. The van der Waals surface area contributed by atoms with Crippen molar-refractivity contribution < 1.29 is 19.0 Å². The highest BCUT2D eigenvalue weighted by molar-refractivity contribution is 5.91. The van der Waals surface area contributed by atoms with Crippen molar-refractivity contribution in [1.29, 1.82) is 0 Å². The minimum atomic E-state index is -0.115. The molecule has 0 saturated heterocycles. The van der Waals surface area contributed by atoms with E-state index in [0.717, 1.165) is 25.4 Å². The summed E-state index contributed by atoms with van der Waals surface area (Å²) in [4.78, 5) is 15.2. The predicted molar refractivity (Wildman–Crippen MR) is 115 cm³/mol. The van der Waals surface area contributed by atoms with Crippen molar-refractivity contribution in [3.63, 3.8) is 0 Å². The number of aryl methyl sites for hydroxylation is 1. The van der Waals surface area contributed by atoms with Gasteiger partial charge in [-0.05, 0) is 44.7 Å². The Kier molecular flexibility index (Phi) is 7.90. The number of quaternary nitrogens is 2. The number of carbonyl (C=O) groups is 1. The Balaban J connectivity index is 1.65. The fourth-order valence-corrected chi connectivity index (χ4v) is 4.28. The van der Waals surface area contributed by atoms with Crippen molar-refractivity contribution >= 4 is 5.91 Å². The molecule has 1 atom stereocenters. The molecule has 29 heavy (non-hydrogen) atoms. The van der Waals surface area contributed by atoms with Crippen LogP contribution in [0.4, 0.5) is 0 Å². The summed E-state index contributed by atoms with van der Waals surface area (Å²) in [6.45, 7) is 5.53. The van der Waals surface area contributed by atoms with E-state index in [9.17, 15) is 4.79 Å². The zero-order valence-corrected chi connectivity index (χ0v) is 18.2. The molecule has 0 aliphatic heterocycles. The summed E-state index contributed by atoms with van der Waals surface area (Å²) in [5.41, 5.74) is 2.68. The van der Waals surface area contributed by atoms with Crippen LogP contribution in [0.3, 0.4) is 0 Å². The van der Waals surface area contributed by atoms with Crippen LogP contribution in [0.5, 0.6) is 0 Å². The lowest BCUT2D eigenvalue weighted by Gasteiger charge is -2.31. The minimum Gasteiger partial charge on any atom is -0.450 e. The first-order valence-electron chi connectivity index (χ1n) is 11.1. The van der Waals surface area contributed by atoms with Crippen LogP contribution < -0.4 is 15.1 Å². The number of carbonyl (C=O) groups excluding carboxylic acids is 1. The van der Waals surface area contributed by atoms with Crippen molar-refractivity contribution in [1.82, 2.24) is 5.32 Å². The maximum Gasteiger partial charge on any atom is 0.287 e. The van der Waals surface area contributed by atoms with Crippen molar-refractivity contribution in [3.05, 3.63) is 59.0 Å². The summed E-state index contributed by atoms with van der Waals surface area (Å²) in [6.07, 6.45) is 6.56. The molecule has 1 amide bonds. The fraction of sp³-hybridized carbons (Fsp3) is 0.542. The van der Waals surface area contributed by atoms with Crippen molar-refractivity contribution in [2.75, 3.05) is 27.2 Å². The molecule has 1 heterocycles. The van der Waals surface area contributed by atoms with Gasteiger partial charge in [0.15, 0.2) is 11.5 Å². The smallest absolute Gasteiger partial charge is 0.287 e. The van der Waals surface area contributed by atoms with Crippen LogP contribution in [0.25, 0.3) is 0 Å². The van der Waals surface area contributed by atoms with E-state index in [-0.39, 0.29) is 5.91 Å². The average Bonchev–Trinajstić information content (AvgIpc) is 3.17. The standard InChI is InChI=1S/C24H35N3O2/c1-19-8-7-9-20(16-19)17-27(21-10-5-4-6-11-21)18-22-12-13-23(29-22)24(28)25-14-15-26(2)3/h7-9,12-13,16,21H,4-6,10-11,14-15,17-18H2,1-3H3,(H,25,28)/p+2. The van der Waals surface area contributed by atoms with Gasteiger partial charge >= 0.3 is 0 Å². The molecule has 1 aliphatic carbocycles. The molecule has 1 fully saturated rings. The van der Waals surface area contributed by atoms with Crippen molar-refractivity contribution in [2.24, 2.45) is 0 Å². The highest BCUT2D eigenvalue weighted by Gasteiger charge is 2.26. The molecule has 0 bridgehead atoms. The molecule has 2 aromatic rings. The van der Waals surface area contributed by atoms with Crippen molar-refractivity contribution in [2.45, 2.75) is 58.2 Å². The Hall–Kier alpha value is -2.11. The summed E-state index contributed by atoms with van der Waals surface area (Å²) in [5, 5.41) is 2.95. The first-order valence-corrected chi connectivity index (χ1v) is 11.1. The summed E-state index contributed by atoms with van der Waals surface area (Å²) in [6, 6.07) is 13.3. The van der Waals surface area contributed by atoms with E-state index in [4.69, 9.17) is 4.42 Å². The molecular formula is C24H37N3O2+2. The van der Waals surface area contributed by atoms with Gasteiger partial charge in [0.05, 0.1) is 33.2 Å². The number of hydrogen-bond acceptors (Lipinski definition) is 2. The maximum absolute atomic E-state index is 12.3. The minimum absolute atomic E-state index is 0.115. The number of hydrogen-bond donors (Lipinski definition) is 3. The summed E-state index contributed by atoms with van der Waals surface area (Å²) < 4.78 is 5.95. The SMILES string of the molecule is Cc1cccc(C[NH+](Cc2ccc(C(=O)NCC[NH+](C)C)o2)C2CCCCC2)c1. The third-order valence-electron chi connectivity index (χ3n) is 5.89. The predicted octanol–water partition coefficient (Wildman–Crippen LogP) is 1.38. The number of likely N-dealkylation sites (N-methyl/N-ethyl adjacent to an activating group) is 1. The number of rotatable bonds is 9. The Morgan fingerprint density at radius 2 is 1.90 bits per heavy atom. The zero-order chi connectivity index (χ0) is 20.6. The molecule has 5 nitrogen and oxygen atoms in total. The largest absolute Gasteiger partial charge is 0.450 e. The third kappa shape index (κ3) is 6.72. The molecular weight excluding hydrogens is 362 g/mol. The van der Waals surface area contributed by atoms with E-state index >= 15 is 0 Å². The van der Waals surface area contributed by atoms with E-state index in [2.05, 4.69) is 50.6 Å². The van der Waals surface area contributed by atoms with E-state index in [1.807, 2.05) is 12.1 Å². The van der Waals surface area contributed by atoms with Gasteiger partial charge in [0.25, 0.3) is 5.91 Å². The third-order valence-corrected chi connectivity index (χ3v) is 5.89. The number of benzene rings is 1. The second kappa shape index (κ2) is 10.6. The van der Waals surface area contributed by atoms with Crippen LogP contribution in [0.2, 0.25) is 0 Å². The lowest BCUT2D eigenvalue weighted by molar-refractivity contribution is -0.954. The molecule has 0 radical (unpaired) electrons. The fourth-order valence-electron chi connectivity index (χ4n) is 4.28. The number of amides is 1. The molecule has 1 saturated carbocycles. The van der Waals surface area contributed by atoms with Gasteiger partial charge < -0.3 is 19.5 Å². The van der Waals surface area contributed by atoms with Gasteiger partial charge in [-0.25, -0.2) is 0 Å². The van der Waals surface area contributed by atoms with E-state index in [0.29, 0.717) is 18.3 Å². The zero-order valence-electron chi connectivity index (χ0n) is 18.2. The molecule has 3 rings (SSSR count). The average molecular weight is 400 g/mol. The summed E-state index contributed by atoms with van der Waals surface area (Å²) in [7, 11) is 4.15. The Labute approximate surface area is 175 Å². The molecule has 0 spiro atoms. The van der Waals surface area contributed by atoms with Crippen LogP contribution in [0.15, 0.2) is 40.8 Å². The molecule has 1 aliphatic rings. The highest BCUT2D eigenvalue weighted by Crippen LogP contribution is 2.17. The lowest BCUT2D eigenvalue weighted by atomic mass is 9.93. The van der Waals surface area contributed by atoms with Gasteiger partial charge in [-0.2, -0.15) is 0 Å². The second-order valence-corrected chi connectivity index (χ2v) is 8.81. The van der Waals surface area contributed by atoms with Gasteiger partial charge in [-0.3, -0.25) is 4.79 Å². The van der Waals surface area contributed by atoms with E-state index in [1.165, 1.54) is 48.1 Å². The van der Waals surface area contributed by atoms with Crippen molar-refractivity contribution in [3.8, 4) is 0 Å². The van der Waals surface area contributed by atoms with E-state index in [1.54, 1.807) is 4.90 Å². The van der Waals surface area contributed by atoms with Crippen LogP contribution in [0.1, 0.15) is 59.5 Å². The Morgan fingerprint density at radius 1 is 1.10 bits per heavy atom. The molecule has 1 aromatic carbocycles. The van der Waals surface area contributed by atoms with Crippen LogP contribution in [-0.2, 0) is 13.1 Å². The summed E-state index contributed by atoms with van der Waals surface area (Å²) >= 11 is 0. The number of nitrogens with one attached hydrogen (secondary N) is 3. The van der Waals surface area contributed by atoms with Crippen LogP contribution >= 0.6 is 0 Å². The first-order chi connectivity index (χ1) is 14.0. The van der Waals surface area contributed by atoms with Gasteiger partial charge in [-0.1, -0.05) is 36.2 Å². The van der Waals surface area contributed by atoms with E-state index < -0.39 is 0 Å². The summed E-state index contributed by atoms with van der Waals surface area (Å²) in [5.74, 6) is 1.21. The van der Waals surface area contributed by atoms with Crippen LogP contribution in [0, 0.1) is 6.92 Å². The normalized spacial score (nSPS) is 16.1. The maximum atomic E-state index is 12.3. The number of furan rings is 1. The van der Waals surface area contributed by atoms with Crippen LogP contribution in [-0.4, -0.2) is 39.1 Å². The first kappa shape index (κ1) is 21.6. The molecule has 5 heteroatoms. The molecule has 1 aromatic heterocycles.